The number of nitrogens with two attached hydrogens (primary N) is 1. The number of anilines is 1. The fourth-order valence-corrected chi connectivity index (χ4v) is 2.52. The number of carbonyl (C=O) groups excluding carboxylic acids is 1. The zero-order valence-corrected chi connectivity index (χ0v) is 10.7. The number of benzene rings is 1. The van der Waals surface area contributed by atoms with E-state index in [1.54, 1.807) is 4.72 Å². The van der Waals surface area contributed by atoms with Crippen molar-refractivity contribution in [2.24, 2.45) is 0 Å². The van der Waals surface area contributed by atoms with Crippen molar-refractivity contribution in [1.82, 2.24) is 4.72 Å². The average Bonchev–Trinajstić information content (AvgIpc) is 2.35. The van der Waals surface area contributed by atoms with Crippen LogP contribution in [0, 0.1) is 0 Å². The number of esters is 1. The molecule has 0 bridgehead atoms. The third-order valence-corrected chi connectivity index (χ3v) is 3.59. The molecular weight excluding hydrogens is 282 g/mol. The SMILES string of the molecule is COC(=O)c1ccc(N)cc1S(=O)(=O)NCC(F)F. The molecule has 0 fully saturated rings. The van der Waals surface area contributed by atoms with E-state index in [9.17, 15) is 22.0 Å². The minimum atomic E-state index is -4.27. The molecule has 0 amide bonds. The standard InChI is InChI=1S/C10H12F2N2O4S/c1-18-10(15)7-3-2-6(13)4-8(7)19(16,17)14-5-9(11)12/h2-4,9,14H,5,13H2,1H3. The van der Waals surface area contributed by atoms with Gasteiger partial charge in [0.25, 0.3) is 6.43 Å². The largest absolute Gasteiger partial charge is 0.465 e. The van der Waals surface area contributed by atoms with Gasteiger partial charge >= 0.3 is 5.97 Å². The van der Waals surface area contributed by atoms with Crippen molar-refractivity contribution in [2.45, 2.75) is 11.3 Å². The molecule has 0 saturated heterocycles. The van der Waals surface area contributed by atoms with Gasteiger partial charge in [-0.25, -0.2) is 26.7 Å². The van der Waals surface area contributed by atoms with Gasteiger partial charge in [-0.1, -0.05) is 0 Å². The number of nitrogen functional groups attached to an aromatic ring is 1. The van der Waals surface area contributed by atoms with Gasteiger partial charge < -0.3 is 10.5 Å². The van der Waals surface area contributed by atoms with Gasteiger partial charge in [0.2, 0.25) is 10.0 Å². The van der Waals surface area contributed by atoms with Crippen LogP contribution in [-0.2, 0) is 14.8 Å². The number of sulfonamides is 1. The lowest BCUT2D eigenvalue weighted by Gasteiger charge is -2.10. The first-order chi connectivity index (χ1) is 8.77. The molecule has 0 spiro atoms. The lowest BCUT2D eigenvalue weighted by Crippen LogP contribution is -2.30. The quantitative estimate of drug-likeness (QED) is 0.612. The third kappa shape index (κ3) is 3.86. The van der Waals surface area contributed by atoms with Gasteiger partial charge in [0.1, 0.15) is 0 Å². The van der Waals surface area contributed by atoms with Crippen LogP contribution in [0.25, 0.3) is 0 Å². The van der Waals surface area contributed by atoms with Crippen molar-refractivity contribution in [2.75, 3.05) is 19.4 Å². The molecule has 106 valence electrons. The van der Waals surface area contributed by atoms with E-state index in [-0.39, 0.29) is 11.3 Å². The zero-order valence-electron chi connectivity index (χ0n) is 9.89. The fourth-order valence-electron chi connectivity index (χ4n) is 1.29. The van der Waals surface area contributed by atoms with Crippen LogP contribution in [0.5, 0.6) is 0 Å². The molecule has 3 N–H and O–H groups in total. The number of ether oxygens (including phenoxy) is 1. The summed E-state index contributed by atoms with van der Waals surface area (Å²) in [6.45, 7) is -1.06. The lowest BCUT2D eigenvalue weighted by atomic mass is 10.2. The van der Waals surface area contributed by atoms with Crippen LogP contribution in [0.3, 0.4) is 0 Å². The Labute approximate surface area is 108 Å². The van der Waals surface area contributed by atoms with E-state index in [4.69, 9.17) is 5.73 Å². The van der Waals surface area contributed by atoms with Gasteiger partial charge in [-0.3, -0.25) is 0 Å². The van der Waals surface area contributed by atoms with E-state index in [0.717, 1.165) is 19.2 Å². The minimum absolute atomic E-state index is 0.0741. The normalized spacial score (nSPS) is 11.6. The molecule has 0 unspecified atom stereocenters. The Morgan fingerprint density at radius 3 is 2.63 bits per heavy atom. The maximum absolute atomic E-state index is 12.0. The maximum Gasteiger partial charge on any atom is 0.339 e. The Morgan fingerprint density at radius 1 is 1.47 bits per heavy atom. The first-order valence-corrected chi connectivity index (χ1v) is 6.52. The molecule has 19 heavy (non-hydrogen) atoms. The molecule has 1 aromatic rings. The molecule has 9 heteroatoms. The highest BCUT2D eigenvalue weighted by Crippen LogP contribution is 2.20. The fraction of sp³-hybridized carbons (Fsp3) is 0.300. The summed E-state index contributed by atoms with van der Waals surface area (Å²) in [5, 5.41) is 0. The van der Waals surface area contributed by atoms with Gasteiger partial charge in [0.15, 0.2) is 0 Å². The monoisotopic (exact) mass is 294 g/mol. The molecule has 0 aliphatic rings. The maximum atomic E-state index is 12.0. The van der Waals surface area contributed by atoms with Gasteiger partial charge in [-0.05, 0) is 18.2 Å². The van der Waals surface area contributed by atoms with Gasteiger partial charge in [0.05, 0.1) is 24.1 Å². The van der Waals surface area contributed by atoms with E-state index in [0.29, 0.717) is 0 Å². The zero-order chi connectivity index (χ0) is 14.6. The van der Waals surface area contributed by atoms with Crippen LogP contribution in [0.4, 0.5) is 14.5 Å². The number of nitrogens with one attached hydrogen (secondary N) is 1. The third-order valence-electron chi connectivity index (χ3n) is 2.13. The van der Waals surface area contributed by atoms with Crippen molar-refractivity contribution in [3.63, 3.8) is 0 Å². The molecule has 0 heterocycles. The molecule has 0 aromatic heterocycles. The average molecular weight is 294 g/mol. The number of alkyl halides is 2. The number of hydrogen-bond donors (Lipinski definition) is 2. The number of carbonyl (C=O) groups is 1. The molecule has 0 atom stereocenters. The lowest BCUT2D eigenvalue weighted by molar-refractivity contribution is 0.0596. The van der Waals surface area contributed by atoms with E-state index in [1.807, 2.05) is 0 Å². The van der Waals surface area contributed by atoms with Crippen molar-refractivity contribution in [3.8, 4) is 0 Å². The molecular formula is C10H12F2N2O4S. The highest BCUT2D eigenvalue weighted by molar-refractivity contribution is 7.89. The molecule has 0 saturated carbocycles. The van der Waals surface area contributed by atoms with Crippen LogP contribution in [0.2, 0.25) is 0 Å². The summed E-state index contributed by atoms with van der Waals surface area (Å²) in [5.41, 5.74) is 5.22. The second-order valence-electron chi connectivity index (χ2n) is 3.49. The molecule has 1 aromatic carbocycles. The summed E-state index contributed by atoms with van der Waals surface area (Å²) >= 11 is 0. The Hall–Kier alpha value is -1.74. The second-order valence-corrected chi connectivity index (χ2v) is 5.23. The summed E-state index contributed by atoms with van der Waals surface area (Å²) in [7, 11) is -3.20. The van der Waals surface area contributed by atoms with Crippen molar-refractivity contribution in [3.05, 3.63) is 23.8 Å². The van der Waals surface area contributed by atoms with E-state index < -0.39 is 33.9 Å². The highest BCUT2D eigenvalue weighted by atomic mass is 32.2. The number of rotatable bonds is 5. The number of hydrogen-bond acceptors (Lipinski definition) is 5. The van der Waals surface area contributed by atoms with Gasteiger partial charge in [-0.2, -0.15) is 0 Å². The van der Waals surface area contributed by atoms with Crippen LogP contribution in [-0.4, -0.2) is 34.5 Å². The van der Waals surface area contributed by atoms with Crippen LogP contribution >= 0.6 is 0 Å². The predicted octanol–water partition coefficient (Wildman–Crippen LogP) is 0.599. The smallest absolute Gasteiger partial charge is 0.339 e. The van der Waals surface area contributed by atoms with Crippen molar-refractivity contribution < 1.29 is 26.7 Å². The van der Waals surface area contributed by atoms with E-state index >= 15 is 0 Å². The second kappa shape index (κ2) is 5.93. The Morgan fingerprint density at radius 2 is 2.11 bits per heavy atom. The van der Waals surface area contributed by atoms with Gasteiger partial charge in [-0.15, -0.1) is 0 Å². The van der Waals surface area contributed by atoms with Crippen molar-refractivity contribution >= 4 is 21.7 Å². The summed E-state index contributed by atoms with van der Waals surface area (Å²) in [6, 6.07) is 3.45. The van der Waals surface area contributed by atoms with E-state index in [1.165, 1.54) is 6.07 Å². The Balaban J connectivity index is 3.24. The molecule has 1 rings (SSSR count). The summed E-state index contributed by atoms with van der Waals surface area (Å²) in [6.07, 6.45) is -2.85. The molecule has 0 aliphatic carbocycles. The molecule has 0 radical (unpaired) electrons. The minimum Gasteiger partial charge on any atom is -0.465 e. The number of methoxy groups -OCH3 is 1. The molecule has 6 nitrogen and oxygen atoms in total. The van der Waals surface area contributed by atoms with Crippen molar-refractivity contribution in [1.29, 1.82) is 0 Å². The summed E-state index contributed by atoms with van der Waals surface area (Å²) in [5.74, 6) is -0.905. The van der Waals surface area contributed by atoms with E-state index in [2.05, 4.69) is 4.74 Å². The summed E-state index contributed by atoms with van der Waals surface area (Å²) in [4.78, 5) is 10.9. The summed E-state index contributed by atoms with van der Waals surface area (Å²) < 4.78 is 53.8. The first-order valence-electron chi connectivity index (χ1n) is 5.03. The first kappa shape index (κ1) is 15.3. The number of halogens is 2. The Kier molecular flexibility index (Phi) is 4.78. The highest BCUT2D eigenvalue weighted by Gasteiger charge is 2.24. The van der Waals surface area contributed by atoms with Crippen LogP contribution < -0.4 is 10.5 Å². The van der Waals surface area contributed by atoms with Crippen LogP contribution in [0.15, 0.2) is 23.1 Å². The van der Waals surface area contributed by atoms with Crippen LogP contribution in [0.1, 0.15) is 10.4 Å². The topological polar surface area (TPSA) is 98.5 Å². The predicted molar refractivity (Wildman–Crippen MR) is 63.4 cm³/mol. The Bertz CT molecular complexity index is 575. The molecule has 0 aliphatic heterocycles. The van der Waals surface area contributed by atoms with Gasteiger partial charge in [0, 0.05) is 5.69 Å².